The molecule has 4 atom stereocenters. The summed E-state index contributed by atoms with van der Waals surface area (Å²) in [4.78, 5) is 56.4. The number of carboxylic acid groups (broad SMARTS) is 1. The number of nitrogen functional groups attached to an aromatic ring is 2. The number of hydrogen-bond donors (Lipinski definition) is 7. The molecule has 0 unspecified atom stereocenters. The summed E-state index contributed by atoms with van der Waals surface area (Å²) >= 11 is -0.750. The Morgan fingerprint density at radius 2 is 1.09 bits per heavy atom. The Kier molecular flexibility index (Phi) is 21.4. The van der Waals surface area contributed by atoms with Crippen molar-refractivity contribution in [1.29, 1.82) is 0 Å². The number of para-hydroxylation sites is 3. The Bertz CT molecular complexity index is 4310. The molecule has 0 spiro atoms. The van der Waals surface area contributed by atoms with Crippen molar-refractivity contribution in [2.24, 2.45) is 5.73 Å². The van der Waals surface area contributed by atoms with Gasteiger partial charge in [-0.3, -0.25) is 4.79 Å². The number of carbonyl (C=O) groups excluding carboxylic acids is 1. The number of pyridine rings is 2. The van der Waals surface area contributed by atoms with Crippen molar-refractivity contribution in [2.45, 2.75) is 80.4 Å². The van der Waals surface area contributed by atoms with Gasteiger partial charge in [0.25, 0.3) is 15.9 Å². The number of benzene rings is 4. The van der Waals surface area contributed by atoms with Gasteiger partial charge in [-0.05, 0) is 112 Å². The smallest absolute Gasteiger partial charge is 0.354 e. The topological polar surface area (TPSA) is 333 Å². The van der Waals surface area contributed by atoms with Gasteiger partial charge in [0.1, 0.15) is 11.4 Å². The molecule has 4 aromatic carbocycles. The zero-order valence-electron chi connectivity index (χ0n) is 47.0. The zero-order chi connectivity index (χ0) is 61.5. The molecule has 88 heavy (non-hydrogen) atoms. The monoisotopic (exact) mass is 1240 g/mol. The lowest BCUT2D eigenvalue weighted by molar-refractivity contribution is 0.0690. The van der Waals surface area contributed by atoms with Crippen molar-refractivity contribution in [3.63, 3.8) is 0 Å². The van der Waals surface area contributed by atoms with Gasteiger partial charge in [0, 0.05) is 76.5 Å². The van der Waals surface area contributed by atoms with Crippen LogP contribution in [0.2, 0.25) is 0 Å². The van der Waals surface area contributed by atoms with Crippen molar-refractivity contribution in [1.82, 2.24) is 43.8 Å². The molecule has 2 aliphatic carbocycles. The van der Waals surface area contributed by atoms with Crippen LogP contribution in [0.4, 0.5) is 34.6 Å². The number of aromatic carboxylic acids is 1. The van der Waals surface area contributed by atoms with Gasteiger partial charge in [0.05, 0.1) is 64.2 Å². The predicted molar refractivity (Wildman–Crippen MR) is 340 cm³/mol. The third-order valence-electron chi connectivity index (χ3n) is 14.4. The van der Waals surface area contributed by atoms with E-state index in [1.165, 1.54) is 34.7 Å². The maximum absolute atomic E-state index is 13.5. The molecule has 448 valence electrons. The van der Waals surface area contributed by atoms with Crippen LogP contribution in [-0.2, 0) is 21.6 Å². The van der Waals surface area contributed by atoms with E-state index in [-0.39, 0.29) is 58.8 Å². The highest BCUT2D eigenvalue weighted by molar-refractivity contribution is 7.90. The molecular formula is C62H59ClN16O7S2. The summed E-state index contributed by atoms with van der Waals surface area (Å²) in [5.74, 6) is -0.374. The van der Waals surface area contributed by atoms with Crippen LogP contribution in [0, 0.1) is 13.1 Å². The highest BCUT2D eigenvalue weighted by Gasteiger charge is 2.28. The van der Waals surface area contributed by atoms with Gasteiger partial charge in [-0.1, -0.05) is 72.8 Å². The SMILES string of the molecule is Cl.Nc1ccc(C(=O)O)nc1.O=S=O.[C-]#[N+]c1cnc(N[C@@H]2CCC[C@H](N)C2)nc1-c1cn(S(=O)(=O)c2ccccc2)c2ccccc12.[C-]#[N+]c1cnc(N[C@@H]2CCC[C@H](NC(=O)c3ccc(N)cn3)C2)nc1-c1cn(-c2ccccc2)c2ccccc12. The fraction of sp³-hybridized carbons (Fsp3) is 0.194. The number of hydrogen-bond acceptors (Lipinski definition) is 17. The second-order valence-electron chi connectivity index (χ2n) is 20.3. The van der Waals surface area contributed by atoms with Crippen LogP contribution in [0.1, 0.15) is 72.3 Å². The van der Waals surface area contributed by atoms with Crippen LogP contribution in [0.25, 0.3) is 59.7 Å². The number of aromatic nitrogens is 8. The molecule has 26 heteroatoms. The Morgan fingerprint density at radius 1 is 0.602 bits per heavy atom. The van der Waals surface area contributed by atoms with Crippen LogP contribution in [-0.4, -0.2) is 96.4 Å². The van der Waals surface area contributed by atoms with E-state index >= 15 is 0 Å². The molecule has 6 heterocycles. The number of rotatable bonds is 12. The summed E-state index contributed by atoms with van der Waals surface area (Å²) in [5, 5.41) is 20.0. The van der Waals surface area contributed by atoms with Gasteiger partial charge in [0.15, 0.2) is 0 Å². The first-order valence-electron chi connectivity index (χ1n) is 27.4. The average molecular weight is 1240 g/mol. The second-order valence-corrected chi connectivity index (χ2v) is 22.2. The number of amides is 1. The third kappa shape index (κ3) is 15.3. The molecule has 2 saturated carbocycles. The zero-order valence-corrected chi connectivity index (χ0v) is 49.4. The lowest BCUT2D eigenvalue weighted by atomic mass is 9.91. The summed E-state index contributed by atoms with van der Waals surface area (Å²) in [7, 11) is -3.85. The molecular weight excluding hydrogens is 1180 g/mol. The van der Waals surface area contributed by atoms with Crippen molar-refractivity contribution in [3.8, 4) is 28.2 Å². The number of nitrogens with two attached hydrogens (primary N) is 3. The largest absolute Gasteiger partial charge is 0.477 e. The first kappa shape index (κ1) is 63.6. The molecule has 10 N–H and O–H groups in total. The van der Waals surface area contributed by atoms with Crippen LogP contribution in [0.5, 0.6) is 0 Å². The Morgan fingerprint density at radius 3 is 1.64 bits per heavy atom. The molecule has 12 rings (SSSR count). The number of nitrogens with zero attached hydrogens (tertiary/aromatic N) is 10. The highest BCUT2D eigenvalue weighted by Crippen LogP contribution is 2.39. The molecule has 0 aliphatic heterocycles. The van der Waals surface area contributed by atoms with E-state index in [0.717, 1.165) is 73.5 Å². The van der Waals surface area contributed by atoms with Crippen molar-refractivity contribution in [2.75, 3.05) is 22.1 Å². The summed E-state index contributed by atoms with van der Waals surface area (Å²) in [5.41, 5.74) is 24.1. The number of carboxylic acids is 1. The molecule has 0 saturated heterocycles. The minimum atomic E-state index is -3.85. The first-order chi connectivity index (χ1) is 42.2. The second kappa shape index (κ2) is 29.6. The molecule has 23 nitrogen and oxygen atoms in total. The van der Waals surface area contributed by atoms with Gasteiger partial charge in [-0.2, -0.15) is 8.42 Å². The van der Waals surface area contributed by atoms with E-state index in [2.05, 4.69) is 79.4 Å². The molecule has 10 aromatic rings. The van der Waals surface area contributed by atoms with Crippen LogP contribution in [0.3, 0.4) is 0 Å². The molecule has 0 radical (unpaired) electrons. The number of nitrogens with one attached hydrogen (secondary N) is 3. The maximum atomic E-state index is 13.5. The average Bonchev–Trinajstić information content (AvgIpc) is 2.12. The predicted octanol–water partition coefficient (Wildman–Crippen LogP) is 10.5. The molecule has 2 fully saturated rings. The minimum absolute atomic E-state index is 0. The van der Waals surface area contributed by atoms with Crippen molar-refractivity contribution in [3.05, 3.63) is 205 Å². The van der Waals surface area contributed by atoms with Crippen molar-refractivity contribution < 1.29 is 31.5 Å². The first-order valence-corrected chi connectivity index (χ1v) is 29.5. The van der Waals surface area contributed by atoms with E-state index in [9.17, 15) is 18.0 Å². The van der Waals surface area contributed by atoms with Gasteiger partial charge < -0.3 is 42.8 Å². The van der Waals surface area contributed by atoms with Gasteiger partial charge in [0.2, 0.25) is 23.3 Å². The van der Waals surface area contributed by atoms with E-state index in [1.807, 2.05) is 48.7 Å². The standard InChI is InChI=1S/C31H28N8O.C25H24N6O2S.C6H6N2O2.ClH.O2S/c1-33-27-18-35-31(37-22-9-7-8-21(16-22)36-30(40)26-15-14-20(32)17-34-26)38-29(27)25-19-39(23-10-3-2-4-11-23)28-13-6-5-12-24(25)28;1-27-22-15-28-25(29-18-9-7-8-17(26)14-18)30-24(22)21-16-31(23-13-6-5-12-20(21)23)34(32,33)19-10-3-2-4-11-19;7-4-1-2-5(6(9)10)8-3-4;;1-3-2/h2-6,10-15,17-19,21-22H,7-9,16,32H2,(H,36,40)(H,35,37,38);2-6,10-13,15-18H,7-9,14,26H2,(H,28,29,30);1-3H,7H2,(H,9,10);1H;/t21-,22+;17-,18+;;;/m00.../s1. The Labute approximate surface area is 516 Å². The van der Waals surface area contributed by atoms with Crippen LogP contribution in [0.15, 0.2) is 176 Å². The van der Waals surface area contributed by atoms with E-state index in [1.54, 1.807) is 67.0 Å². The third-order valence-corrected chi connectivity index (χ3v) is 16.1. The summed E-state index contributed by atoms with van der Waals surface area (Å²) < 4.78 is 46.9. The van der Waals surface area contributed by atoms with E-state index in [4.69, 9.17) is 48.9 Å². The summed E-state index contributed by atoms with van der Waals surface area (Å²) in [6, 6.07) is 40.3. The number of carbonyl (C=O) groups is 2. The fourth-order valence-corrected chi connectivity index (χ4v) is 11.8. The number of anilines is 4. The van der Waals surface area contributed by atoms with Gasteiger partial charge in [-0.25, -0.2) is 56.8 Å². The molecule has 0 bridgehead atoms. The maximum Gasteiger partial charge on any atom is 0.354 e. The number of fused-ring (bicyclic) bond motifs is 2. The van der Waals surface area contributed by atoms with Crippen LogP contribution >= 0.6 is 12.4 Å². The normalized spacial score (nSPS) is 15.9. The number of halogens is 1. The minimum Gasteiger partial charge on any atom is -0.477 e. The fourth-order valence-electron chi connectivity index (χ4n) is 10.4. The molecule has 2 aliphatic rings. The summed E-state index contributed by atoms with van der Waals surface area (Å²) in [6.07, 6.45) is 16.8. The highest BCUT2D eigenvalue weighted by atomic mass is 35.5. The van der Waals surface area contributed by atoms with Gasteiger partial charge >= 0.3 is 17.5 Å². The quantitative estimate of drug-likeness (QED) is 0.0559. The van der Waals surface area contributed by atoms with E-state index in [0.29, 0.717) is 62.5 Å². The lowest BCUT2D eigenvalue weighted by Crippen LogP contribution is -2.42. The Balaban J connectivity index is 0.000000189. The van der Waals surface area contributed by atoms with Crippen LogP contribution < -0.4 is 33.2 Å². The Hall–Kier alpha value is -10.4. The van der Waals surface area contributed by atoms with Gasteiger partial charge in [-0.15, -0.1) is 12.4 Å². The molecule has 1 amide bonds. The van der Waals surface area contributed by atoms with Crippen molar-refractivity contribution >= 4 is 102 Å². The molecule has 6 aromatic heterocycles. The summed E-state index contributed by atoms with van der Waals surface area (Å²) in [6.45, 7) is 15.4. The lowest BCUT2D eigenvalue weighted by Gasteiger charge is -2.30. The van der Waals surface area contributed by atoms with E-state index < -0.39 is 27.6 Å².